The van der Waals surface area contributed by atoms with Gasteiger partial charge in [-0.2, -0.15) is 0 Å². The van der Waals surface area contributed by atoms with Gasteiger partial charge >= 0.3 is 5.97 Å². The monoisotopic (exact) mass is 171 g/mol. The summed E-state index contributed by atoms with van der Waals surface area (Å²) < 4.78 is 4.42. The van der Waals surface area contributed by atoms with Crippen LogP contribution in [0, 0.1) is 5.92 Å². The third kappa shape index (κ3) is 5.92. The lowest BCUT2D eigenvalue weighted by atomic mass is 10.0. The Morgan fingerprint density at radius 2 is 2.17 bits per heavy atom. The molecule has 0 aliphatic rings. The van der Waals surface area contributed by atoms with E-state index in [4.69, 9.17) is 5.73 Å². The molecule has 3 heteroatoms. The highest BCUT2D eigenvalue weighted by Crippen LogP contribution is 2.03. The molecule has 0 amide bonds. The minimum Gasteiger partial charge on any atom is -0.466 e. The van der Waals surface area contributed by atoms with Crippen LogP contribution in [0.4, 0.5) is 0 Å². The third-order valence-electron chi connectivity index (χ3n) is 1.42. The molecule has 0 saturated heterocycles. The molecule has 3 nitrogen and oxygen atoms in total. The molecule has 0 aliphatic heterocycles. The Bertz CT molecular complexity index is 164. The molecule has 0 rings (SSSR count). The number of carbonyl (C=O) groups excluding carboxylic acids is 1. The summed E-state index contributed by atoms with van der Waals surface area (Å²) in [5.74, 6) is 0.191. The zero-order chi connectivity index (χ0) is 9.56. The quantitative estimate of drug-likeness (QED) is 0.509. The van der Waals surface area contributed by atoms with E-state index < -0.39 is 0 Å². The topological polar surface area (TPSA) is 52.3 Å². The molecule has 0 aliphatic carbocycles. The molecule has 2 N–H and O–H groups in total. The largest absolute Gasteiger partial charge is 0.466 e. The van der Waals surface area contributed by atoms with E-state index >= 15 is 0 Å². The van der Waals surface area contributed by atoms with E-state index in [2.05, 4.69) is 18.6 Å². The number of nitrogens with two attached hydrogens (primary N) is 1. The number of ether oxygens (including phenoxy) is 1. The van der Waals surface area contributed by atoms with Crippen LogP contribution in [-0.2, 0) is 9.53 Å². The Labute approximate surface area is 73.6 Å². The maximum absolute atomic E-state index is 10.6. The predicted octanol–water partition coefficient (Wildman–Crippen LogP) is 1.09. The molecule has 0 aromatic heterocycles. The van der Waals surface area contributed by atoms with Crippen molar-refractivity contribution in [3.8, 4) is 0 Å². The number of rotatable bonds is 4. The van der Waals surface area contributed by atoms with Crippen LogP contribution >= 0.6 is 0 Å². The lowest BCUT2D eigenvalue weighted by Gasteiger charge is -2.08. The van der Waals surface area contributed by atoms with Crippen molar-refractivity contribution in [3.63, 3.8) is 0 Å². The Morgan fingerprint density at radius 1 is 1.58 bits per heavy atom. The van der Waals surface area contributed by atoms with Crippen molar-refractivity contribution in [3.05, 3.63) is 12.2 Å². The first kappa shape index (κ1) is 11.2. The third-order valence-corrected chi connectivity index (χ3v) is 1.42. The van der Waals surface area contributed by atoms with Gasteiger partial charge < -0.3 is 10.5 Å². The van der Waals surface area contributed by atoms with Crippen molar-refractivity contribution < 1.29 is 9.53 Å². The molecule has 0 saturated carbocycles. The van der Waals surface area contributed by atoms with Crippen molar-refractivity contribution in [1.82, 2.24) is 0 Å². The van der Waals surface area contributed by atoms with Crippen molar-refractivity contribution in [2.75, 3.05) is 7.11 Å². The average molecular weight is 171 g/mol. The Balaban J connectivity index is 3.74. The summed E-state index contributed by atoms with van der Waals surface area (Å²) in [6.45, 7) is 4.18. The van der Waals surface area contributed by atoms with Crippen molar-refractivity contribution in [2.45, 2.75) is 26.3 Å². The first-order valence-electron chi connectivity index (χ1n) is 4.08. The summed E-state index contributed by atoms with van der Waals surface area (Å²) in [5.41, 5.74) is 5.68. The van der Waals surface area contributed by atoms with Crippen LogP contribution in [-0.4, -0.2) is 19.1 Å². The molecule has 0 radical (unpaired) electrons. The van der Waals surface area contributed by atoms with Gasteiger partial charge in [-0.05, 0) is 12.3 Å². The average Bonchev–Trinajstić information content (AvgIpc) is 1.99. The number of hydrogen-bond donors (Lipinski definition) is 1. The number of hydrogen-bond acceptors (Lipinski definition) is 3. The second-order valence-electron chi connectivity index (χ2n) is 3.18. The van der Waals surface area contributed by atoms with Crippen LogP contribution in [0.5, 0.6) is 0 Å². The van der Waals surface area contributed by atoms with Crippen molar-refractivity contribution >= 4 is 5.97 Å². The summed E-state index contributed by atoms with van der Waals surface area (Å²) in [7, 11) is 1.35. The van der Waals surface area contributed by atoms with Crippen LogP contribution < -0.4 is 5.73 Å². The van der Waals surface area contributed by atoms with Crippen LogP contribution in [0.15, 0.2) is 12.2 Å². The summed E-state index contributed by atoms with van der Waals surface area (Å²) in [6, 6.07) is -0.0518. The lowest BCUT2D eigenvalue weighted by molar-refractivity contribution is -0.134. The molecular formula is C9H17NO2. The molecule has 0 heterocycles. The van der Waals surface area contributed by atoms with Gasteiger partial charge in [0.05, 0.1) is 7.11 Å². The van der Waals surface area contributed by atoms with Gasteiger partial charge in [-0.1, -0.05) is 19.9 Å². The maximum atomic E-state index is 10.6. The highest BCUT2D eigenvalue weighted by molar-refractivity contribution is 5.81. The first-order chi connectivity index (χ1) is 5.56. The Hall–Kier alpha value is -0.830. The summed E-state index contributed by atoms with van der Waals surface area (Å²) in [4.78, 5) is 10.6. The fourth-order valence-electron chi connectivity index (χ4n) is 0.893. The van der Waals surface area contributed by atoms with E-state index in [-0.39, 0.29) is 12.0 Å². The smallest absolute Gasteiger partial charge is 0.330 e. The van der Waals surface area contributed by atoms with Gasteiger partial charge in [0, 0.05) is 12.1 Å². The lowest BCUT2D eigenvalue weighted by Crippen LogP contribution is -2.19. The molecule has 12 heavy (non-hydrogen) atoms. The van der Waals surface area contributed by atoms with Crippen molar-refractivity contribution in [2.24, 2.45) is 11.7 Å². The zero-order valence-electron chi connectivity index (χ0n) is 7.91. The van der Waals surface area contributed by atoms with E-state index in [1.807, 2.05) is 0 Å². The standard InChI is InChI=1S/C9H17NO2/c1-7(2)6-8(10)4-5-9(11)12-3/h4-5,7-8H,6,10H2,1-3H3/b5-4+/t8-/m1/s1. The van der Waals surface area contributed by atoms with E-state index in [1.165, 1.54) is 13.2 Å². The SMILES string of the molecule is COC(=O)/C=C/[C@@H](N)CC(C)C. The van der Waals surface area contributed by atoms with Gasteiger partial charge in [0.1, 0.15) is 0 Å². The minimum absolute atomic E-state index is 0.0518. The van der Waals surface area contributed by atoms with Gasteiger partial charge in [0.2, 0.25) is 0 Å². The second kappa shape index (κ2) is 5.77. The minimum atomic E-state index is -0.353. The van der Waals surface area contributed by atoms with Gasteiger partial charge in [-0.15, -0.1) is 0 Å². The zero-order valence-corrected chi connectivity index (χ0v) is 7.91. The molecule has 0 fully saturated rings. The summed E-state index contributed by atoms with van der Waals surface area (Å²) in [6.07, 6.45) is 3.92. The fourth-order valence-corrected chi connectivity index (χ4v) is 0.893. The number of carbonyl (C=O) groups is 1. The molecule has 0 bridgehead atoms. The van der Waals surface area contributed by atoms with E-state index in [9.17, 15) is 4.79 Å². The molecule has 0 unspecified atom stereocenters. The van der Waals surface area contributed by atoms with E-state index in [0.717, 1.165) is 6.42 Å². The summed E-state index contributed by atoms with van der Waals surface area (Å²) >= 11 is 0. The van der Waals surface area contributed by atoms with Crippen LogP contribution in [0.2, 0.25) is 0 Å². The maximum Gasteiger partial charge on any atom is 0.330 e. The normalized spacial score (nSPS) is 13.8. The van der Waals surface area contributed by atoms with Crippen LogP contribution in [0.25, 0.3) is 0 Å². The molecule has 0 spiro atoms. The van der Waals surface area contributed by atoms with Crippen LogP contribution in [0.1, 0.15) is 20.3 Å². The summed E-state index contributed by atoms with van der Waals surface area (Å²) in [5, 5.41) is 0. The first-order valence-corrected chi connectivity index (χ1v) is 4.08. The molecule has 1 atom stereocenters. The van der Waals surface area contributed by atoms with Gasteiger partial charge in [0.15, 0.2) is 0 Å². The molecule has 0 aromatic carbocycles. The van der Waals surface area contributed by atoms with Crippen LogP contribution in [0.3, 0.4) is 0 Å². The predicted molar refractivity (Wildman–Crippen MR) is 48.6 cm³/mol. The van der Waals surface area contributed by atoms with E-state index in [0.29, 0.717) is 5.92 Å². The van der Waals surface area contributed by atoms with Gasteiger partial charge in [-0.3, -0.25) is 0 Å². The Kier molecular flexibility index (Phi) is 5.37. The highest BCUT2D eigenvalue weighted by atomic mass is 16.5. The fraction of sp³-hybridized carbons (Fsp3) is 0.667. The molecule has 70 valence electrons. The highest BCUT2D eigenvalue weighted by Gasteiger charge is 2.01. The molecular weight excluding hydrogens is 154 g/mol. The van der Waals surface area contributed by atoms with Crippen molar-refractivity contribution in [1.29, 1.82) is 0 Å². The van der Waals surface area contributed by atoms with Gasteiger partial charge in [-0.25, -0.2) is 4.79 Å². The Morgan fingerprint density at radius 3 is 2.58 bits per heavy atom. The number of methoxy groups -OCH3 is 1. The number of esters is 1. The molecule has 0 aromatic rings. The van der Waals surface area contributed by atoms with Gasteiger partial charge in [0.25, 0.3) is 0 Å². The second-order valence-corrected chi connectivity index (χ2v) is 3.18. The van der Waals surface area contributed by atoms with E-state index in [1.54, 1.807) is 6.08 Å².